The number of carbonyl (C=O) groups excluding carboxylic acids is 1. The summed E-state index contributed by atoms with van der Waals surface area (Å²) in [6.07, 6.45) is 2.75. The third-order valence-corrected chi connectivity index (χ3v) is 5.47. The minimum atomic E-state index is -0.809. The van der Waals surface area contributed by atoms with Crippen molar-refractivity contribution in [1.29, 1.82) is 0 Å². The van der Waals surface area contributed by atoms with Gasteiger partial charge in [-0.2, -0.15) is 0 Å². The van der Waals surface area contributed by atoms with E-state index in [9.17, 15) is 9.59 Å². The van der Waals surface area contributed by atoms with Crippen LogP contribution < -0.4 is 0 Å². The molecule has 4 nitrogen and oxygen atoms in total. The Hall–Kier alpha value is -0.880. The van der Waals surface area contributed by atoms with Crippen molar-refractivity contribution in [1.82, 2.24) is 4.90 Å². The molecule has 1 aliphatic heterocycles. The smallest absolute Gasteiger partial charge is 0.311 e. The maximum atomic E-state index is 12.1. The van der Waals surface area contributed by atoms with E-state index in [2.05, 4.69) is 22.0 Å². The molecule has 20 heavy (non-hydrogen) atoms. The molecule has 1 N–H and O–H groups in total. The molecule has 1 aliphatic rings. The molecule has 2 rings (SSSR count). The Balaban J connectivity index is 1.77. The number of aryl methyl sites for hydroxylation is 1. The van der Waals surface area contributed by atoms with Gasteiger partial charge < -0.3 is 10.0 Å². The quantitative estimate of drug-likeness (QED) is 0.878. The molecule has 1 aromatic heterocycles. The van der Waals surface area contributed by atoms with Crippen molar-refractivity contribution >= 4 is 39.1 Å². The summed E-state index contributed by atoms with van der Waals surface area (Å²) in [6.45, 7) is 2.61. The zero-order valence-corrected chi connectivity index (χ0v) is 13.8. The van der Waals surface area contributed by atoms with Crippen LogP contribution in [0.25, 0.3) is 0 Å². The lowest BCUT2D eigenvalue weighted by atomic mass is 9.90. The Morgan fingerprint density at radius 2 is 2.25 bits per heavy atom. The summed E-state index contributed by atoms with van der Waals surface area (Å²) < 4.78 is 1.11. The molecule has 6 heteroatoms. The highest BCUT2D eigenvalue weighted by molar-refractivity contribution is 9.11. The van der Waals surface area contributed by atoms with Gasteiger partial charge in [-0.15, -0.1) is 11.3 Å². The van der Waals surface area contributed by atoms with Gasteiger partial charge in [0.1, 0.15) is 0 Å². The van der Waals surface area contributed by atoms with E-state index in [0.717, 1.165) is 16.6 Å². The van der Waals surface area contributed by atoms with Gasteiger partial charge in [-0.25, -0.2) is 0 Å². The number of aliphatic carboxylic acids is 1. The summed E-state index contributed by atoms with van der Waals surface area (Å²) in [6, 6.07) is 4.08. The number of likely N-dealkylation sites (tertiary alicyclic amines) is 1. The van der Waals surface area contributed by atoms with Crippen molar-refractivity contribution in [3.8, 4) is 0 Å². The standard InChI is InChI=1S/C14H18BrNO3S/c1-14(13(18)19)7-8-16(9-14)12(17)4-2-3-10-5-6-11(15)20-10/h5-6H,2-4,7-9H2,1H3,(H,18,19)/t14-/m0/s1. The minimum absolute atomic E-state index is 0.0746. The number of amides is 1. The predicted octanol–water partition coefficient (Wildman–Crippen LogP) is 3.16. The fourth-order valence-corrected chi connectivity index (χ4v) is 3.93. The lowest BCUT2D eigenvalue weighted by Gasteiger charge is -2.20. The number of thiophene rings is 1. The molecule has 0 aromatic carbocycles. The molecule has 1 aromatic rings. The first kappa shape index (κ1) is 15.5. The van der Waals surface area contributed by atoms with Crippen LogP contribution in [0.1, 0.15) is 31.1 Å². The van der Waals surface area contributed by atoms with E-state index in [1.165, 1.54) is 4.88 Å². The van der Waals surface area contributed by atoms with E-state index in [4.69, 9.17) is 5.11 Å². The van der Waals surface area contributed by atoms with Gasteiger partial charge in [0.05, 0.1) is 9.20 Å². The largest absolute Gasteiger partial charge is 0.481 e. The van der Waals surface area contributed by atoms with Crippen molar-refractivity contribution < 1.29 is 14.7 Å². The maximum Gasteiger partial charge on any atom is 0.311 e. The number of carboxylic acid groups (broad SMARTS) is 1. The zero-order chi connectivity index (χ0) is 14.8. The summed E-state index contributed by atoms with van der Waals surface area (Å²) >= 11 is 5.11. The molecular weight excluding hydrogens is 342 g/mol. The fraction of sp³-hybridized carbons (Fsp3) is 0.571. The summed E-state index contributed by atoms with van der Waals surface area (Å²) in [7, 11) is 0. The Labute approximate surface area is 130 Å². The molecule has 110 valence electrons. The third-order valence-electron chi connectivity index (χ3n) is 3.79. The second-order valence-corrected chi connectivity index (χ2v) is 8.04. The number of hydrogen-bond acceptors (Lipinski definition) is 3. The molecule has 1 saturated heterocycles. The SMILES string of the molecule is C[C@]1(C(=O)O)CCN(C(=O)CCCc2ccc(Br)s2)C1. The van der Waals surface area contributed by atoms with Gasteiger partial charge in [0.2, 0.25) is 5.91 Å². The topological polar surface area (TPSA) is 57.6 Å². The molecule has 0 spiro atoms. The number of carboxylic acids is 1. The first-order chi connectivity index (χ1) is 9.40. The van der Waals surface area contributed by atoms with Crippen molar-refractivity contribution in [3.63, 3.8) is 0 Å². The van der Waals surface area contributed by atoms with Gasteiger partial charge in [-0.05, 0) is 54.2 Å². The molecule has 0 saturated carbocycles. The van der Waals surface area contributed by atoms with Gasteiger partial charge in [0.15, 0.2) is 0 Å². The Bertz CT molecular complexity index is 516. The van der Waals surface area contributed by atoms with Crippen LogP contribution in [-0.4, -0.2) is 35.0 Å². The predicted molar refractivity (Wildman–Crippen MR) is 81.9 cm³/mol. The maximum absolute atomic E-state index is 12.1. The zero-order valence-electron chi connectivity index (χ0n) is 11.4. The number of halogens is 1. The van der Waals surface area contributed by atoms with Gasteiger partial charge in [-0.1, -0.05) is 0 Å². The second kappa shape index (κ2) is 6.26. The second-order valence-electron chi connectivity index (χ2n) is 5.49. The lowest BCUT2D eigenvalue weighted by molar-refractivity contribution is -0.147. The Morgan fingerprint density at radius 1 is 1.50 bits per heavy atom. The van der Waals surface area contributed by atoms with Gasteiger partial charge in [0.25, 0.3) is 0 Å². The Kier molecular flexibility index (Phi) is 4.86. The summed E-state index contributed by atoms with van der Waals surface area (Å²) in [4.78, 5) is 26.2. The number of nitrogens with zero attached hydrogens (tertiary/aromatic N) is 1. The average Bonchev–Trinajstić information content (AvgIpc) is 2.97. The molecule has 0 radical (unpaired) electrons. The minimum Gasteiger partial charge on any atom is -0.481 e. The van der Waals surface area contributed by atoms with Crippen LogP contribution in [0.15, 0.2) is 15.9 Å². The van der Waals surface area contributed by atoms with Crippen LogP contribution >= 0.6 is 27.3 Å². The van der Waals surface area contributed by atoms with E-state index in [-0.39, 0.29) is 5.91 Å². The summed E-state index contributed by atoms with van der Waals surface area (Å²) in [5, 5.41) is 9.16. The first-order valence-corrected chi connectivity index (χ1v) is 8.27. The molecule has 1 atom stereocenters. The molecular formula is C14H18BrNO3S. The van der Waals surface area contributed by atoms with E-state index >= 15 is 0 Å². The van der Waals surface area contributed by atoms with Crippen molar-refractivity contribution in [2.75, 3.05) is 13.1 Å². The van der Waals surface area contributed by atoms with E-state index < -0.39 is 11.4 Å². The average molecular weight is 360 g/mol. The van der Waals surface area contributed by atoms with Crippen LogP contribution in [0, 0.1) is 5.41 Å². The van der Waals surface area contributed by atoms with Crippen molar-refractivity contribution in [3.05, 3.63) is 20.8 Å². The van der Waals surface area contributed by atoms with Gasteiger partial charge in [0, 0.05) is 24.4 Å². The highest BCUT2D eigenvalue weighted by Crippen LogP contribution is 2.30. The fourth-order valence-electron chi connectivity index (χ4n) is 2.41. The number of rotatable bonds is 5. The number of carbonyl (C=O) groups is 2. The highest BCUT2D eigenvalue weighted by atomic mass is 79.9. The lowest BCUT2D eigenvalue weighted by Crippen LogP contribution is -2.34. The van der Waals surface area contributed by atoms with Crippen molar-refractivity contribution in [2.45, 2.75) is 32.6 Å². The highest BCUT2D eigenvalue weighted by Gasteiger charge is 2.41. The van der Waals surface area contributed by atoms with Crippen molar-refractivity contribution in [2.24, 2.45) is 5.41 Å². The molecule has 2 heterocycles. The van der Waals surface area contributed by atoms with E-state index in [1.807, 2.05) is 6.07 Å². The van der Waals surface area contributed by atoms with Crippen LogP contribution in [0.4, 0.5) is 0 Å². The monoisotopic (exact) mass is 359 g/mol. The number of hydrogen-bond donors (Lipinski definition) is 1. The van der Waals surface area contributed by atoms with Crippen LogP contribution in [0.3, 0.4) is 0 Å². The Morgan fingerprint density at radius 3 is 2.80 bits per heavy atom. The molecule has 1 fully saturated rings. The van der Waals surface area contributed by atoms with Gasteiger partial charge in [-0.3, -0.25) is 9.59 Å². The molecule has 0 aliphatic carbocycles. The normalized spacial score (nSPS) is 22.2. The molecule has 1 amide bonds. The molecule has 0 unspecified atom stereocenters. The van der Waals surface area contributed by atoms with E-state index in [0.29, 0.717) is 25.9 Å². The summed E-state index contributed by atoms with van der Waals surface area (Å²) in [5.74, 6) is -0.734. The molecule has 0 bridgehead atoms. The van der Waals surface area contributed by atoms with Crippen LogP contribution in [-0.2, 0) is 16.0 Å². The van der Waals surface area contributed by atoms with Crippen LogP contribution in [0.2, 0.25) is 0 Å². The third kappa shape index (κ3) is 3.61. The first-order valence-electron chi connectivity index (χ1n) is 6.66. The van der Waals surface area contributed by atoms with Gasteiger partial charge >= 0.3 is 5.97 Å². The van der Waals surface area contributed by atoms with Crippen LogP contribution in [0.5, 0.6) is 0 Å². The summed E-state index contributed by atoms with van der Waals surface area (Å²) in [5.41, 5.74) is -0.770. The van der Waals surface area contributed by atoms with E-state index in [1.54, 1.807) is 23.2 Å².